The van der Waals surface area contributed by atoms with E-state index >= 15 is 0 Å². The lowest BCUT2D eigenvalue weighted by Gasteiger charge is -2.27. The fourth-order valence-electron chi connectivity index (χ4n) is 3.91. The highest BCUT2D eigenvalue weighted by Gasteiger charge is 2.49. The molecule has 2 bridgehead atoms. The summed E-state index contributed by atoms with van der Waals surface area (Å²) in [6, 6.07) is 7.90. The summed E-state index contributed by atoms with van der Waals surface area (Å²) in [7, 11) is 0. The summed E-state index contributed by atoms with van der Waals surface area (Å²) in [5.41, 5.74) is 8.15. The van der Waals surface area contributed by atoms with E-state index in [0.717, 1.165) is 24.1 Å². The van der Waals surface area contributed by atoms with Crippen LogP contribution in [0, 0.1) is 17.8 Å². The molecule has 2 saturated carbocycles. The molecular formula is C17H24N2O2. The van der Waals surface area contributed by atoms with Crippen LogP contribution < -0.4 is 11.1 Å². The molecule has 2 fully saturated rings. The Morgan fingerprint density at radius 3 is 2.90 bits per heavy atom. The Hall–Kier alpha value is -1.39. The quantitative estimate of drug-likeness (QED) is 0.875. The molecule has 0 saturated heterocycles. The zero-order chi connectivity index (χ0) is 14.8. The molecule has 3 N–H and O–H groups in total. The molecule has 0 heterocycles. The van der Waals surface area contributed by atoms with Crippen LogP contribution in [-0.2, 0) is 16.1 Å². The smallest absolute Gasteiger partial charge is 0.229 e. The van der Waals surface area contributed by atoms with Gasteiger partial charge < -0.3 is 15.8 Å². The van der Waals surface area contributed by atoms with E-state index in [9.17, 15) is 4.79 Å². The Bertz CT molecular complexity index is 515. The monoisotopic (exact) mass is 288 g/mol. The van der Waals surface area contributed by atoms with Gasteiger partial charge in [0.2, 0.25) is 5.91 Å². The van der Waals surface area contributed by atoms with Gasteiger partial charge in [0.15, 0.2) is 0 Å². The molecule has 1 aromatic rings. The first-order valence-corrected chi connectivity index (χ1v) is 7.92. The first-order chi connectivity index (χ1) is 10.2. The SMILES string of the molecule is CCOCc1cccc(NC(=O)C2C3CCC(C3)C2N)c1. The number of nitrogens with two attached hydrogens (primary N) is 1. The summed E-state index contributed by atoms with van der Waals surface area (Å²) in [4.78, 5) is 12.5. The predicted molar refractivity (Wildman–Crippen MR) is 82.7 cm³/mol. The number of anilines is 1. The van der Waals surface area contributed by atoms with Crippen LogP contribution in [0.4, 0.5) is 5.69 Å². The van der Waals surface area contributed by atoms with Crippen LogP contribution in [0.2, 0.25) is 0 Å². The molecule has 3 rings (SSSR count). The van der Waals surface area contributed by atoms with Crippen LogP contribution in [0.3, 0.4) is 0 Å². The number of rotatable bonds is 5. The Balaban J connectivity index is 1.65. The van der Waals surface area contributed by atoms with E-state index in [0.29, 0.717) is 25.0 Å². The van der Waals surface area contributed by atoms with Crippen molar-refractivity contribution in [1.29, 1.82) is 0 Å². The van der Waals surface area contributed by atoms with Gasteiger partial charge in [-0.1, -0.05) is 12.1 Å². The van der Waals surface area contributed by atoms with Crippen molar-refractivity contribution in [2.24, 2.45) is 23.5 Å². The number of hydrogen-bond donors (Lipinski definition) is 2. The number of carbonyl (C=O) groups is 1. The minimum absolute atomic E-state index is 0.0145. The van der Waals surface area contributed by atoms with E-state index < -0.39 is 0 Å². The number of amides is 1. The second kappa shape index (κ2) is 6.16. The van der Waals surface area contributed by atoms with Gasteiger partial charge in [0.05, 0.1) is 12.5 Å². The highest BCUT2D eigenvalue weighted by atomic mass is 16.5. The average Bonchev–Trinajstić information content (AvgIpc) is 3.06. The van der Waals surface area contributed by atoms with E-state index in [2.05, 4.69) is 5.32 Å². The third kappa shape index (κ3) is 2.97. The largest absolute Gasteiger partial charge is 0.377 e. The second-order valence-electron chi connectivity index (χ2n) is 6.26. The van der Waals surface area contributed by atoms with Crippen LogP contribution in [0.1, 0.15) is 31.7 Å². The lowest BCUT2D eigenvalue weighted by molar-refractivity contribution is -0.121. The number of nitrogens with one attached hydrogen (secondary N) is 1. The Kier molecular flexibility index (Phi) is 4.27. The molecule has 1 amide bonds. The van der Waals surface area contributed by atoms with Gasteiger partial charge in [-0.25, -0.2) is 0 Å². The summed E-state index contributed by atoms with van der Waals surface area (Å²) < 4.78 is 5.40. The predicted octanol–water partition coefficient (Wildman–Crippen LogP) is 2.54. The Labute approximate surface area is 126 Å². The van der Waals surface area contributed by atoms with Gasteiger partial charge in [0.25, 0.3) is 0 Å². The van der Waals surface area contributed by atoms with Crippen LogP contribution in [-0.4, -0.2) is 18.6 Å². The van der Waals surface area contributed by atoms with Crippen molar-refractivity contribution in [2.45, 2.75) is 38.8 Å². The number of hydrogen-bond acceptors (Lipinski definition) is 3. The van der Waals surface area contributed by atoms with Crippen LogP contribution in [0.5, 0.6) is 0 Å². The third-order valence-corrected chi connectivity index (χ3v) is 4.95. The summed E-state index contributed by atoms with van der Waals surface area (Å²) in [6.45, 7) is 3.24. The molecule has 1 aromatic carbocycles. The number of benzene rings is 1. The summed E-state index contributed by atoms with van der Waals surface area (Å²) in [5, 5.41) is 3.04. The van der Waals surface area contributed by atoms with Crippen molar-refractivity contribution in [3.05, 3.63) is 29.8 Å². The van der Waals surface area contributed by atoms with Gasteiger partial charge in [-0.3, -0.25) is 4.79 Å². The van der Waals surface area contributed by atoms with Gasteiger partial charge in [0, 0.05) is 18.3 Å². The molecule has 2 aliphatic carbocycles. The molecular weight excluding hydrogens is 264 g/mol. The van der Waals surface area contributed by atoms with Crippen LogP contribution in [0.15, 0.2) is 24.3 Å². The van der Waals surface area contributed by atoms with Gasteiger partial charge in [-0.05, 0) is 55.7 Å². The zero-order valence-electron chi connectivity index (χ0n) is 12.5. The third-order valence-electron chi connectivity index (χ3n) is 4.95. The summed E-state index contributed by atoms with van der Waals surface area (Å²) in [6.07, 6.45) is 3.48. The molecule has 0 aliphatic heterocycles. The van der Waals surface area contributed by atoms with Crippen LogP contribution >= 0.6 is 0 Å². The standard InChI is InChI=1S/C17H24N2O2/c1-2-21-10-11-4-3-5-14(8-11)19-17(20)15-12-6-7-13(9-12)16(15)18/h3-5,8,12-13,15-16H,2,6-7,9-10,18H2,1H3,(H,19,20). The first kappa shape index (κ1) is 14.5. The number of carbonyl (C=O) groups excluding carboxylic acids is 1. The summed E-state index contributed by atoms with van der Waals surface area (Å²) >= 11 is 0. The molecule has 0 radical (unpaired) electrons. The van der Waals surface area contributed by atoms with E-state index in [1.54, 1.807) is 0 Å². The first-order valence-electron chi connectivity index (χ1n) is 7.92. The van der Waals surface area contributed by atoms with Crippen molar-refractivity contribution in [3.8, 4) is 0 Å². The van der Waals surface area contributed by atoms with Crippen LogP contribution in [0.25, 0.3) is 0 Å². The number of fused-ring (bicyclic) bond motifs is 2. The molecule has 4 heteroatoms. The minimum Gasteiger partial charge on any atom is -0.377 e. The lowest BCUT2D eigenvalue weighted by Crippen LogP contribution is -2.42. The van der Waals surface area contributed by atoms with E-state index in [1.165, 1.54) is 6.42 Å². The maximum absolute atomic E-state index is 12.5. The van der Waals surface area contributed by atoms with Crippen molar-refractivity contribution in [3.63, 3.8) is 0 Å². The van der Waals surface area contributed by atoms with E-state index in [4.69, 9.17) is 10.5 Å². The number of ether oxygens (including phenoxy) is 1. The van der Waals surface area contributed by atoms with E-state index in [-0.39, 0.29) is 17.9 Å². The van der Waals surface area contributed by atoms with Crippen molar-refractivity contribution in [1.82, 2.24) is 0 Å². The van der Waals surface area contributed by atoms with Crippen molar-refractivity contribution in [2.75, 3.05) is 11.9 Å². The average molecular weight is 288 g/mol. The highest BCUT2D eigenvalue weighted by molar-refractivity contribution is 5.93. The zero-order valence-corrected chi connectivity index (χ0v) is 12.5. The van der Waals surface area contributed by atoms with Crippen molar-refractivity contribution < 1.29 is 9.53 Å². The highest BCUT2D eigenvalue weighted by Crippen LogP contribution is 2.47. The molecule has 4 atom stereocenters. The maximum Gasteiger partial charge on any atom is 0.229 e. The Morgan fingerprint density at radius 2 is 2.19 bits per heavy atom. The van der Waals surface area contributed by atoms with Gasteiger partial charge >= 0.3 is 0 Å². The fraction of sp³-hybridized carbons (Fsp3) is 0.588. The van der Waals surface area contributed by atoms with E-state index in [1.807, 2.05) is 31.2 Å². The molecule has 2 aliphatic rings. The molecule has 0 aromatic heterocycles. The van der Waals surface area contributed by atoms with Gasteiger partial charge in [-0.2, -0.15) is 0 Å². The lowest BCUT2D eigenvalue weighted by atomic mass is 9.84. The summed E-state index contributed by atoms with van der Waals surface area (Å²) in [5.74, 6) is 1.11. The molecule has 114 valence electrons. The normalized spacial score (nSPS) is 30.6. The Morgan fingerprint density at radius 1 is 1.38 bits per heavy atom. The second-order valence-corrected chi connectivity index (χ2v) is 6.26. The molecule has 4 nitrogen and oxygen atoms in total. The minimum atomic E-state index is -0.0145. The fourth-order valence-corrected chi connectivity index (χ4v) is 3.91. The maximum atomic E-state index is 12.5. The van der Waals surface area contributed by atoms with Gasteiger partial charge in [0.1, 0.15) is 0 Å². The van der Waals surface area contributed by atoms with Gasteiger partial charge in [-0.15, -0.1) is 0 Å². The topological polar surface area (TPSA) is 64.3 Å². The molecule has 0 spiro atoms. The van der Waals surface area contributed by atoms with Crippen molar-refractivity contribution >= 4 is 11.6 Å². The molecule has 4 unspecified atom stereocenters. The molecule has 21 heavy (non-hydrogen) atoms.